The first-order valence-electron chi connectivity index (χ1n) is 7.13. The Kier molecular flexibility index (Phi) is 4.55. The van der Waals surface area contributed by atoms with Gasteiger partial charge in [0.1, 0.15) is 0 Å². The molecule has 0 radical (unpaired) electrons. The summed E-state index contributed by atoms with van der Waals surface area (Å²) in [5.74, 6) is 1.44. The molecule has 0 aliphatic carbocycles. The second-order valence-electron chi connectivity index (χ2n) is 5.60. The number of nitrogens with zero attached hydrogens (tertiary/aromatic N) is 2. The predicted octanol–water partition coefficient (Wildman–Crippen LogP) is 2.94. The van der Waals surface area contributed by atoms with Crippen molar-refractivity contribution in [2.45, 2.75) is 45.1 Å². The highest BCUT2D eigenvalue weighted by atomic mass is 16.5. The summed E-state index contributed by atoms with van der Waals surface area (Å²) in [6.45, 7) is 6.38. The number of hydrogen-bond donors (Lipinski definition) is 1. The van der Waals surface area contributed by atoms with Crippen molar-refractivity contribution in [2.75, 3.05) is 7.05 Å². The fourth-order valence-corrected chi connectivity index (χ4v) is 2.24. The zero-order valence-electron chi connectivity index (χ0n) is 12.7. The maximum Gasteiger partial charge on any atom is 0.228 e. The molecule has 2 aromatic rings. The Labute approximate surface area is 120 Å². The maximum absolute atomic E-state index is 5.41. The highest BCUT2D eigenvalue weighted by Crippen LogP contribution is 2.29. The van der Waals surface area contributed by atoms with Crippen LogP contribution in [0.15, 0.2) is 34.9 Å². The zero-order chi connectivity index (χ0) is 14.6. The molecule has 0 aliphatic rings. The van der Waals surface area contributed by atoms with Crippen molar-refractivity contribution < 1.29 is 4.52 Å². The molecule has 1 N–H and O–H groups in total. The van der Waals surface area contributed by atoms with Gasteiger partial charge in [-0.25, -0.2) is 0 Å². The van der Waals surface area contributed by atoms with Crippen molar-refractivity contribution in [2.24, 2.45) is 0 Å². The SMILES string of the molecule is CCC(Cc1nc(C(C)(C)c2ccccc2)no1)NC. The van der Waals surface area contributed by atoms with Crippen LogP contribution in [-0.4, -0.2) is 23.2 Å². The van der Waals surface area contributed by atoms with E-state index in [1.807, 2.05) is 25.2 Å². The molecule has 1 aromatic carbocycles. The van der Waals surface area contributed by atoms with E-state index in [1.165, 1.54) is 5.56 Å². The van der Waals surface area contributed by atoms with Gasteiger partial charge in [-0.05, 0) is 32.9 Å². The molecule has 0 amide bonds. The van der Waals surface area contributed by atoms with Gasteiger partial charge >= 0.3 is 0 Å². The van der Waals surface area contributed by atoms with Crippen LogP contribution >= 0.6 is 0 Å². The van der Waals surface area contributed by atoms with E-state index in [1.54, 1.807) is 0 Å². The second kappa shape index (κ2) is 6.18. The molecule has 4 nitrogen and oxygen atoms in total. The smallest absolute Gasteiger partial charge is 0.228 e. The van der Waals surface area contributed by atoms with Gasteiger partial charge in [-0.15, -0.1) is 0 Å². The average Bonchev–Trinajstić information content (AvgIpc) is 2.95. The summed E-state index contributed by atoms with van der Waals surface area (Å²) in [6, 6.07) is 10.7. The minimum absolute atomic E-state index is 0.246. The first-order valence-corrected chi connectivity index (χ1v) is 7.13. The molecule has 0 saturated carbocycles. The molecule has 108 valence electrons. The summed E-state index contributed by atoms with van der Waals surface area (Å²) < 4.78 is 5.41. The molecule has 20 heavy (non-hydrogen) atoms. The van der Waals surface area contributed by atoms with Gasteiger partial charge in [0.2, 0.25) is 5.89 Å². The lowest BCUT2D eigenvalue weighted by molar-refractivity contribution is 0.349. The van der Waals surface area contributed by atoms with E-state index < -0.39 is 0 Å². The Bertz CT molecular complexity index is 530. The quantitative estimate of drug-likeness (QED) is 0.879. The van der Waals surface area contributed by atoms with Gasteiger partial charge in [0.15, 0.2) is 5.82 Å². The van der Waals surface area contributed by atoms with Crippen LogP contribution in [-0.2, 0) is 11.8 Å². The van der Waals surface area contributed by atoms with Gasteiger partial charge in [0, 0.05) is 12.5 Å². The lowest BCUT2D eigenvalue weighted by atomic mass is 9.84. The first-order chi connectivity index (χ1) is 9.57. The molecule has 1 atom stereocenters. The molecule has 0 bridgehead atoms. The molecule has 0 fully saturated rings. The van der Waals surface area contributed by atoms with Crippen molar-refractivity contribution in [3.63, 3.8) is 0 Å². The first kappa shape index (κ1) is 14.7. The van der Waals surface area contributed by atoms with Gasteiger partial charge in [-0.3, -0.25) is 0 Å². The van der Waals surface area contributed by atoms with Crippen LogP contribution in [0.5, 0.6) is 0 Å². The molecule has 0 spiro atoms. The molecule has 0 aliphatic heterocycles. The number of likely N-dealkylation sites (N-methyl/N-ethyl adjacent to an activating group) is 1. The minimum atomic E-state index is -0.246. The monoisotopic (exact) mass is 273 g/mol. The van der Waals surface area contributed by atoms with Gasteiger partial charge in [-0.1, -0.05) is 42.4 Å². The van der Waals surface area contributed by atoms with Crippen LogP contribution in [0.2, 0.25) is 0 Å². The zero-order valence-corrected chi connectivity index (χ0v) is 12.7. The fraction of sp³-hybridized carbons (Fsp3) is 0.500. The molecule has 1 heterocycles. The average molecular weight is 273 g/mol. The lowest BCUT2D eigenvalue weighted by Gasteiger charge is -2.20. The van der Waals surface area contributed by atoms with Gasteiger partial charge in [0.25, 0.3) is 0 Å². The Morgan fingerprint density at radius 2 is 1.95 bits per heavy atom. The van der Waals surface area contributed by atoms with E-state index in [2.05, 4.69) is 48.4 Å². The van der Waals surface area contributed by atoms with Gasteiger partial charge < -0.3 is 9.84 Å². The van der Waals surface area contributed by atoms with Crippen molar-refractivity contribution >= 4 is 0 Å². The Balaban J connectivity index is 2.20. The van der Waals surface area contributed by atoms with E-state index in [9.17, 15) is 0 Å². The summed E-state index contributed by atoms with van der Waals surface area (Å²) in [4.78, 5) is 4.58. The Morgan fingerprint density at radius 3 is 2.55 bits per heavy atom. The summed E-state index contributed by atoms with van der Waals surface area (Å²) in [5, 5.41) is 7.42. The number of hydrogen-bond acceptors (Lipinski definition) is 4. The number of aromatic nitrogens is 2. The Morgan fingerprint density at radius 1 is 1.25 bits per heavy atom. The summed E-state index contributed by atoms with van der Waals surface area (Å²) >= 11 is 0. The fourth-order valence-electron chi connectivity index (χ4n) is 2.24. The van der Waals surface area contributed by atoms with E-state index in [-0.39, 0.29) is 5.41 Å². The van der Waals surface area contributed by atoms with Crippen molar-refractivity contribution in [3.05, 3.63) is 47.6 Å². The summed E-state index contributed by atoms with van der Waals surface area (Å²) in [6.07, 6.45) is 1.81. The Hall–Kier alpha value is -1.68. The molecule has 1 aromatic heterocycles. The van der Waals surface area contributed by atoms with Crippen LogP contribution in [0.25, 0.3) is 0 Å². The third-order valence-corrected chi connectivity index (χ3v) is 3.84. The molecule has 0 saturated heterocycles. The van der Waals surface area contributed by atoms with Crippen LogP contribution < -0.4 is 5.32 Å². The summed E-state index contributed by atoms with van der Waals surface area (Å²) in [7, 11) is 1.96. The van der Waals surface area contributed by atoms with Gasteiger partial charge in [-0.2, -0.15) is 4.98 Å². The van der Waals surface area contributed by atoms with Crippen molar-refractivity contribution in [3.8, 4) is 0 Å². The third-order valence-electron chi connectivity index (χ3n) is 3.84. The molecular formula is C16H23N3O. The number of benzene rings is 1. The molecule has 2 rings (SSSR count). The molecular weight excluding hydrogens is 250 g/mol. The van der Waals surface area contributed by atoms with Crippen LogP contribution in [0.1, 0.15) is 44.5 Å². The topological polar surface area (TPSA) is 51.0 Å². The number of nitrogens with one attached hydrogen (secondary N) is 1. The van der Waals surface area contributed by atoms with Crippen molar-refractivity contribution in [1.82, 2.24) is 15.5 Å². The predicted molar refractivity (Wildman–Crippen MR) is 79.7 cm³/mol. The summed E-state index contributed by atoms with van der Waals surface area (Å²) in [5.41, 5.74) is 0.942. The van der Waals surface area contributed by atoms with E-state index in [0.717, 1.165) is 18.7 Å². The highest BCUT2D eigenvalue weighted by Gasteiger charge is 2.29. The van der Waals surface area contributed by atoms with Crippen LogP contribution in [0, 0.1) is 0 Å². The van der Waals surface area contributed by atoms with E-state index in [0.29, 0.717) is 11.9 Å². The minimum Gasteiger partial charge on any atom is -0.339 e. The normalized spacial score (nSPS) is 13.4. The standard InChI is InChI=1S/C16H23N3O/c1-5-13(17-4)11-14-18-15(19-20-14)16(2,3)12-9-7-6-8-10-12/h6-10,13,17H,5,11H2,1-4H3. The molecule has 4 heteroatoms. The number of rotatable bonds is 6. The van der Waals surface area contributed by atoms with E-state index in [4.69, 9.17) is 4.52 Å². The third kappa shape index (κ3) is 3.07. The highest BCUT2D eigenvalue weighted by molar-refractivity contribution is 5.30. The maximum atomic E-state index is 5.41. The largest absolute Gasteiger partial charge is 0.339 e. The van der Waals surface area contributed by atoms with Gasteiger partial charge in [0.05, 0.1) is 5.41 Å². The second-order valence-corrected chi connectivity index (χ2v) is 5.60. The van der Waals surface area contributed by atoms with E-state index >= 15 is 0 Å². The van der Waals surface area contributed by atoms with Crippen molar-refractivity contribution in [1.29, 1.82) is 0 Å². The van der Waals surface area contributed by atoms with Crippen LogP contribution in [0.3, 0.4) is 0 Å². The lowest BCUT2D eigenvalue weighted by Crippen LogP contribution is -2.26. The van der Waals surface area contributed by atoms with Crippen LogP contribution in [0.4, 0.5) is 0 Å². The molecule has 1 unspecified atom stereocenters.